The van der Waals surface area contributed by atoms with Gasteiger partial charge in [0.15, 0.2) is 0 Å². The number of pyridine rings is 2. The zero-order valence-corrected chi connectivity index (χ0v) is 12.6. The standard InChI is InChI=1S/C19H14N4/c1-13-4-2-6-17(23-13)19-15(5-3-9-22-19)14-7-8-16-18(12-14)21-11-10-20-16/h2-12H,1H3. The molecule has 4 heteroatoms. The predicted octanol–water partition coefficient (Wildman–Crippen LogP) is 4.06. The molecule has 0 aliphatic rings. The molecule has 0 bridgehead atoms. The summed E-state index contributed by atoms with van der Waals surface area (Å²) in [6.07, 6.45) is 5.20. The van der Waals surface area contributed by atoms with Crippen LogP contribution in [0.15, 0.2) is 67.1 Å². The summed E-state index contributed by atoms with van der Waals surface area (Å²) in [6.45, 7) is 1.98. The maximum Gasteiger partial charge on any atom is 0.0964 e. The van der Waals surface area contributed by atoms with Crippen LogP contribution in [0.1, 0.15) is 5.69 Å². The smallest absolute Gasteiger partial charge is 0.0964 e. The van der Waals surface area contributed by atoms with E-state index in [1.165, 1.54) is 0 Å². The number of rotatable bonds is 2. The van der Waals surface area contributed by atoms with Crippen LogP contribution in [0.5, 0.6) is 0 Å². The molecule has 0 amide bonds. The number of aromatic nitrogens is 4. The zero-order chi connectivity index (χ0) is 15.6. The average molecular weight is 298 g/mol. The van der Waals surface area contributed by atoms with Gasteiger partial charge in [-0.05, 0) is 42.8 Å². The summed E-state index contributed by atoms with van der Waals surface area (Å²) in [6, 6.07) is 16.0. The molecule has 3 heterocycles. The van der Waals surface area contributed by atoms with Gasteiger partial charge in [0.25, 0.3) is 0 Å². The van der Waals surface area contributed by atoms with Crippen molar-refractivity contribution in [1.82, 2.24) is 19.9 Å². The van der Waals surface area contributed by atoms with Gasteiger partial charge in [-0.1, -0.05) is 18.2 Å². The minimum atomic E-state index is 0.872. The van der Waals surface area contributed by atoms with E-state index in [-0.39, 0.29) is 0 Å². The van der Waals surface area contributed by atoms with Gasteiger partial charge in [-0.15, -0.1) is 0 Å². The highest BCUT2D eigenvalue weighted by atomic mass is 14.8. The van der Waals surface area contributed by atoms with Crippen molar-refractivity contribution in [2.45, 2.75) is 6.92 Å². The third-order valence-corrected chi connectivity index (χ3v) is 3.72. The summed E-state index contributed by atoms with van der Waals surface area (Å²) in [4.78, 5) is 17.9. The van der Waals surface area contributed by atoms with Crippen molar-refractivity contribution in [1.29, 1.82) is 0 Å². The van der Waals surface area contributed by atoms with E-state index in [1.807, 2.05) is 49.4 Å². The van der Waals surface area contributed by atoms with Gasteiger partial charge in [0.05, 0.1) is 22.4 Å². The monoisotopic (exact) mass is 298 g/mol. The summed E-state index contributed by atoms with van der Waals surface area (Å²) in [5.41, 5.74) is 6.58. The maximum atomic E-state index is 4.60. The lowest BCUT2D eigenvalue weighted by molar-refractivity contribution is 1.18. The van der Waals surface area contributed by atoms with E-state index in [1.54, 1.807) is 18.6 Å². The molecular formula is C19H14N4. The lowest BCUT2D eigenvalue weighted by Crippen LogP contribution is -1.93. The summed E-state index contributed by atoms with van der Waals surface area (Å²) in [5.74, 6) is 0. The first-order valence-corrected chi connectivity index (χ1v) is 7.41. The quantitative estimate of drug-likeness (QED) is 0.560. The Labute approximate surface area is 133 Å². The topological polar surface area (TPSA) is 51.6 Å². The number of hydrogen-bond acceptors (Lipinski definition) is 4. The van der Waals surface area contributed by atoms with E-state index >= 15 is 0 Å². The summed E-state index contributed by atoms with van der Waals surface area (Å²) in [5, 5.41) is 0. The maximum absolute atomic E-state index is 4.60. The van der Waals surface area contributed by atoms with Crippen molar-refractivity contribution in [3.8, 4) is 22.5 Å². The molecule has 23 heavy (non-hydrogen) atoms. The van der Waals surface area contributed by atoms with Crippen molar-refractivity contribution >= 4 is 11.0 Å². The van der Waals surface area contributed by atoms with Crippen LogP contribution in [0.25, 0.3) is 33.5 Å². The second-order valence-corrected chi connectivity index (χ2v) is 5.32. The summed E-state index contributed by atoms with van der Waals surface area (Å²) < 4.78 is 0. The highest BCUT2D eigenvalue weighted by molar-refractivity contribution is 5.85. The first-order chi connectivity index (χ1) is 11.3. The first kappa shape index (κ1) is 13.5. The molecule has 110 valence electrons. The van der Waals surface area contributed by atoms with Crippen molar-refractivity contribution in [2.24, 2.45) is 0 Å². The van der Waals surface area contributed by atoms with Gasteiger partial charge in [0.1, 0.15) is 0 Å². The van der Waals surface area contributed by atoms with Crippen LogP contribution in [0.4, 0.5) is 0 Å². The summed E-state index contributed by atoms with van der Waals surface area (Å²) >= 11 is 0. The fraction of sp³-hybridized carbons (Fsp3) is 0.0526. The first-order valence-electron chi connectivity index (χ1n) is 7.41. The largest absolute Gasteiger partial charge is 0.254 e. The lowest BCUT2D eigenvalue weighted by atomic mass is 10.0. The molecule has 0 saturated heterocycles. The van der Waals surface area contributed by atoms with Crippen molar-refractivity contribution in [3.63, 3.8) is 0 Å². The van der Waals surface area contributed by atoms with Crippen molar-refractivity contribution < 1.29 is 0 Å². The van der Waals surface area contributed by atoms with Gasteiger partial charge in [-0.2, -0.15) is 0 Å². The number of hydrogen-bond donors (Lipinski definition) is 0. The Hall–Kier alpha value is -3.14. The van der Waals surface area contributed by atoms with E-state index in [0.29, 0.717) is 0 Å². The molecule has 0 spiro atoms. The van der Waals surface area contributed by atoms with Crippen LogP contribution in [0.2, 0.25) is 0 Å². The highest BCUT2D eigenvalue weighted by Crippen LogP contribution is 2.30. The second kappa shape index (κ2) is 5.57. The number of benzene rings is 1. The second-order valence-electron chi connectivity index (χ2n) is 5.32. The van der Waals surface area contributed by atoms with Gasteiger partial charge in [-0.3, -0.25) is 19.9 Å². The van der Waals surface area contributed by atoms with Gasteiger partial charge < -0.3 is 0 Å². The molecule has 0 aliphatic carbocycles. The Morgan fingerprint density at radius 3 is 2.48 bits per heavy atom. The Balaban J connectivity index is 1.91. The minimum Gasteiger partial charge on any atom is -0.254 e. The third-order valence-electron chi connectivity index (χ3n) is 3.72. The third kappa shape index (κ3) is 2.55. The van der Waals surface area contributed by atoms with E-state index in [9.17, 15) is 0 Å². The normalized spacial score (nSPS) is 10.8. The van der Waals surface area contributed by atoms with Gasteiger partial charge in [-0.25, -0.2) is 0 Å². The fourth-order valence-electron chi connectivity index (χ4n) is 2.65. The zero-order valence-electron chi connectivity index (χ0n) is 12.6. The molecule has 4 aromatic rings. The Bertz CT molecular complexity index is 995. The van der Waals surface area contributed by atoms with Crippen LogP contribution in [0.3, 0.4) is 0 Å². The van der Waals surface area contributed by atoms with Crippen LogP contribution in [-0.4, -0.2) is 19.9 Å². The molecule has 0 saturated carbocycles. The Kier molecular flexibility index (Phi) is 3.27. The number of fused-ring (bicyclic) bond motifs is 1. The van der Waals surface area contributed by atoms with Gasteiger partial charge in [0.2, 0.25) is 0 Å². The van der Waals surface area contributed by atoms with Gasteiger partial charge >= 0.3 is 0 Å². The van der Waals surface area contributed by atoms with E-state index < -0.39 is 0 Å². The molecule has 0 atom stereocenters. The van der Waals surface area contributed by atoms with E-state index in [2.05, 4.69) is 26.0 Å². The molecule has 0 aliphatic heterocycles. The fourth-order valence-corrected chi connectivity index (χ4v) is 2.65. The molecule has 0 radical (unpaired) electrons. The molecule has 0 unspecified atom stereocenters. The number of nitrogens with zero attached hydrogens (tertiary/aromatic N) is 4. The Morgan fingerprint density at radius 2 is 1.61 bits per heavy atom. The van der Waals surface area contributed by atoms with Crippen LogP contribution < -0.4 is 0 Å². The molecule has 4 nitrogen and oxygen atoms in total. The number of aryl methyl sites for hydroxylation is 1. The highest BCUT2D eigenvalue weighted by Gasteiger charge is 2.10. The van der Waals surface area contributed by atoms with Crippen LogP contribution >= 0.6 is 0 Å². The summed E-state index contributed by atoms with van der Waals surface area (Å²) in [7, 11) is 0. The van der Waals surface area contributed by atoms with E-state index in [4.69, 9.17) is 0 Å². The molecule has 1 aromatic carbocycles. The lowest BCUT2D eigenvalue weighted by Gasteiger charge is -2.09. The Morgan fingerprint density at radius 1 is 0.739 bits per heavy atom. The van der Waals surface area contributed by atoms with Crippen molar-refractivity contribution in [2.75, 3.05) is 0 Å². The molecule has 4 rings (SSSR count). The van der Waals surface area contributed by atoms with Crippen LogP contribution in [0, 0.1) is 6.92 Å². The molecule has 0 N–H and O–H groups in total. The minimum absolute atomic E-state index is 0.872. The van der Waals surface area contributed by atoms with Gasteiger partial charge in [0, 0.05) is 29.8 Å². The molecule has 3 aromatic heterocycles. The molecular weight excluding hydrogens is 284 g/mol. The average Bonchev–Trinajstić information content (AvgIpc) is 2.61. The van der Waals surface area contributed by atoms with E-state index in [0.717, 1.165) is 39.2 Å². The SMILES string of the molecule is Cc1cccc(-c2ncccc2-c2ccc3nccnc3c2)n1. The molecule has 0 fully saturated rings. The van der Waals surface area contributed by atoms with Crippen LogP contribution in [-0.2, 0) is 0 Å². The van der Waals surface area contributed by atoms with Crippen molar-refractivity contribution in [3.05, 3.63) is 72.8 Å². The predicted molar refractivity (Wildman–Crippen MR) is 90.7 cm³/mol.